The zero-order valence-corrected chi connectivity index (χ0v) is 17.5. The molecule has 0 saturated carbocycles. The molecule has 1 aromatic carbocycles. The summed E-state index contributed by atoms with van der Waals surface area (Å²) in [5, 5.41) is 13.0. The Hall–Kier alpha value is -2.91. The lowest BCUT2D eigenvalue weighted by atomic mass is 10.2. The molecule has 2 atom stereocenters. The van der Waals surface area contributed by atoms with Gasteiger partial charge in [0.2, 0.25) is 11.8 Å². The molecule has 0 radical (unpaired) electrons. The van der Waals surface area contributed by atoms with Crippen molar-refractivity contribution in [1.82, 2.24) is 20.9 Å². The first kappa shape index (κ1) is 20.8. The van der Waals surface area contributed by atoms with Crippen LogP contribution in [0.1, 0.15) is 13.8 Å². The fourth-order valence-corrected chi connectivity index (χ4v) is 3.43. The number of likely N-dealkylation sites (N-methyl/N-ethyl adjacent to an activating group) is 1. The first-order valence-corrected chi connectivity index (χ1v) is 10.3. The number of ether oxygens (including phenoxy) is 1. The van der Waals surface area contributed by atoms with Crippen LogP contribution in [0.15, 0.2) is 53.4 Å². The number of nitrogens with one attached hydrogen (secondary N) is 4. The van der Waals surface area contributed by atoms with Crippen molar-refractivity contribution < 1.29 is 9.53 Å². The third kappa shape index (κ3) is 6.03. The molecule has 0 saturated heterocycles. The van der Waals surface area contributed by atoms with Crippen LogP contribution < -0.4 is 21.3 Å². The highest BCUT2D eigenvalue weighted by molar-refractivity contribution is 7.18. The number of aliphatic imine (C=N–C) groups is 1. The summed E-state index contributed by atoms with van der Waals surface area (Å²) < 4.78 is 5.70. The molecule has 2 heterocycles. The summed E-state index contributed by atoms with van der Waals surface area (Å²) in [6, 6.07) is 9.91. The van der Waals surface area contributed by atoms with E-state index in [1.165, 1.54) is 0 Å². The number of rotatable bonds is 8. The zero-order valence-electron chi connectivity index (χ0n) is 16.7. The molecule has 1 amide bonds. The van der Waals surface area contributed by atoms with Crippen molar-refractivity contribution >= 4 is 28.3 Å². The summed E-state index contributed by atoms with van der Waals surface area (Å²) in [5.74, 6) is 1.21. The molecule has 9 heteroatoms. The molecule has 0 spiro atoms. The first-order chi connectivity index (χ1) is 14.0. The molecule has 0 aliphatic carbocycles. The van der Waals surface area contributed by atoms with Crippen LogP contribution in [0.4, 0.5) is 5.13 Å². The van der Waals surface area contributed by atoms with Crippen molar-refractivity contribution in [2.24, 2.45) is 4.99 Å². The number of hydrogen-bond donors (Lipinski definition) is 4. The number of carbonyl (C=O) groups is 1. The van der Waals surface area contributed by atoms with E-state index >= 15 is 0 Å². The maximum atomic E-state index is 11.7. The lowest BCUT2D eigenvalue weighted by molar-refractivity contribution is -0.122. The molecule has 3 rings (SSSR count). The highest BCUT2D eigenvalue weighted by Gasteiger charge is 2.15. The van der Waals surface area contributed by atoms with Gasteiger partial charge in [-0.2, -0.15) is 0 Å². The lowest BCUT2D eigenvalue weighted by Crippen LogP contribution is -2.41. The minimum Gasteiger partial charge on any atom is -0.476 e. The Morgan fingerprint density at radius 1 is 1.34 bits per heavy atom. The first-order valence-electron chi connectivity index (χ1n) is 9.47. The number of nitrogens with zero attached hydrogens (tertiary/aromatic N) is 2. The van der Waals surface area contributed by atoms with Gasteiger partial charge in [0, 0.05) is 12.3 Å². The molecule has 1 aliphatic rings. The molecule has 1 aliphatic heterocycles. The maximum absolute atomic E-state index is 11.7. The van der Waals surface area contributed by atoms with E-state index in [0.717, 1.165) is 21.4 Å². The predicted molar refractivity (Wildman–Crippen MR) is 117 cm³/mol. The topological polar surface area (TPSA) is 99.7 Å². The second-order valence-corrected chi connectivity index (χ2v) is 7.55. The Morgan fingerprint density at radius 3 is 2.90 bits per heavy atom. The number of thiazole rings is 1. The van der Waals surface area contributed by atoms with Gasteiger partial charge in [0.05, 0.1) is 17.5 Å². The van der Waals surface area contributed by atoms with Gasteiger partial charge in [-0.15, -0.1) is 0 Å². The van der Waals surface area contributed by atoms with E-state index < -0.39 is 0 Å². The number of hydrogen-bond acceptors (Lipinski definition) is 8. The summed E-state index contributed by atoms with van der Waals surface area (Å²) in [4.78, 5) is 21.7. The largest absolute Gasteiger partial charge is 0.476 e. The van der Waals surface area contributed by atoms with Crippen molar-refractivity contribution in [1.29, 1.82) is 0 Å². The number of benzene rings is 1. The number of aromatic nitrogens is 1. The summed E-state index contributed by atoms with van der Waals surface area (Å²) in [6.07, 6.45) is 3.52. The maximum Gasteiger partial charge on any atom is 0.236 e. The van der Waals surface area contributed by atoms with Crippen LogP contribution in [0.3, 0.4) is 0 Å². The normalized spacial score (nSPS) is 16.9. The Balaban J connectivity index is 1.54. The van der Waals surface area contributed by atoms with Gasteiger partial charge in [-0.25, -0.2) is 9.98 Å². The van der Waals surface area contributed by atoms with Gasteiger partial charge < -0.3 is 26.0 Å². The second-order valence-electron chi connectivity index (χ2n) is 6.52. The Kier molecular flexibility index (Phi) is 7.20. The molecule has 1 aromatic heterocycles. The van der Waals surface area contributed by atoms with Crippen molar-refractivity contribution in [3.05, 3.63) is 48.4 Å². The average molecular weight is 415 g/mol. The van der Waals surface area contributed by atoms with E-state index in [0.29, 0.717) is 19.0 Å². The van der Waals surface area contributed by atoms with Crippen LogP contribution in [-0.4, -0.2) is 49.2 Å². The number of amides is 1. The van der Waals surface area contributed by atoms with Gasteiger partial charge in [0.1, 0.15) is 18.6 Å². The van der Waals surface area contributed by atoms with Crippen molar-refractivity contribution in [2.75, 3.05) is 25.5 Å². The average Bonchev–Trinajstić information content (AvgIpc) is 3.19. The molecule has 2 aromatic rings. The van der Waals surface area contributed by atoms with Gasteiger partial charge in [-0.05, 0) is 26.5 Å². The molecule has 8 nitrogen and oxygen atoms in total. The fraction of sp³-hybridized carbons (Fsp3) is 0.350. The molecule has 29 heavy (non-hydrogen) atoms. The van der Waals surface area contributed by atoms with Gasteiger partial charge >= 0.3 is 0 Å². The lowest BCUT2D eigenvalue weighted by Gasteiger charge is -2.21. The third-order valence-electron chi connectivity index (χ3n) is 4.24. The summed E-state index contributed by atoms with van der Waals surface area (Å²) >= 11 is 1.57. The second kappa shape index (κ2) is 10.0. The summed E-state index contributed by atoms with van der Waals surface area (Å²) in [5.41, 5.74) is 1.14. The molecule has 154 valence electrons. The van der Waals surface area contributed by atoms with Crippen LogP contribution in [0.5, 0.6) is 0 Å². The van der Waals surface area contributed by atoms with Gasteiger partial charge in [0.15, 0.2) is 5.13 Å². The SMILES string of the molecule is CN[C@@H](C)C(=O)NCCOC1=NC(C)NC(Nc2ncc(-c3ccccc3)s2)=C1. The third-order valence-corrected chi connectivity index (χ3v) is 5.20. The molecule has 0 fully saturated rings. The van der Waals surface area contributed by atoms with Crippen LogP contribution in [0.25, 0.3) is 10.4 Å². The molecular weight excluding hydrogens is 388 g/mol. The van der Waals surface area contributed by atoms with E-state index in [1.807, 2.05) is 31.3 Å². The zero-order chi connectivity index (χ0) is 20.6. The number of anilines is 1. The quantitative estimate of drug-likeness (QED) is 0.494. The van der Waals surface area contributed by atoms with E-state index in [1.54, 1.807) is 31.4 Å². The fourth-order valence-electron chi connectivity index (χ4n) is 2.60. The molecular formula is C20H26N6O2S. The van der Waals surface area contributed by atoms with Crippen LogP contribution >= 0.6 is 11.3 Å². The van der Waals surface area contributed by atoms with E-state index in [9.17, 15) is 4.79 Å². The monoisotopic (exact) mass is 414 g/mol. The molecule has 0 bridgehead atoms. The minimum absolute atomic E-state index is 0.0624. The van der Waals surface area contributed by atoms with E-state index in [4.69, 9.17) is 4.74 Å². The van der Waals surface area contributed by atoms with Crippen molar-refractivity contribution in [3.8, 4) is 10.4 Å². The summed E-state index contributed by atoms with van der Waals surface area (Å²) in [6.45, 7) is 4.49. The Morgan fingerprint density at radius 2 is 2.14 bits per heavy atom. The van der Waals surface area contributed by atoms with Gasteiger partial charge in [-0.1, -0.05) is 41.7 Å². The van der Waals surface area contributed by atoms with E-state index in [-0.39, 0.29) is 18.1 Å². The Labute approximate surface area is 174 Å². The smallest absolute Gasteiger partial charge is 0.236 e. The molecule has 4 N–H and O–H groups in total. The van der Waals surface area contributed by atoms with Crippen LogP contribution in [-0.2, 0) is 9.53 Å². The molecule has 1 unspecified atom stereocenters. The minimum atomic E-state index is -0.235. The predicted octanol–water partition coefficient (Wildman–Crippen LogP) is 2.15. The van der Waals surface area contributed by atoms with Crippen LogP contribution in [0, 0.1) is 0 Å². The summed E-state index contributed by atoms with van der Waals surface area (Å²) in [7, 11) is 1.75. The van der Waals surface area contributed by atoms with E-state index in [2.05, 4.69) is 43.4 Å². The van der Waals surface area contributed by atoms with Gasteiger partial charge in [0.25, 0.3) is 0 Å². The van der Waals surface area contributed by atoms with Crippen LogP contribution in [0.2, 0.25) is 0 Å². The highest BCUT2D eigenvalue weighted by atomic mass is 32.1. The van der Waals surface area contributed by atoms with Crippen molar-refractivity contribution in [3.63, 3.8) is 0 Å². The highest BCUT2D eigenvalue weighted by Crippen LogP contribution is 2.29. The standard InChI is InChI=1S/C20H26N6O2S/c1-13(21-3)19(27)22-9-10-28-18-11-17(24-14(2)25-18)26-20-23-12-16(29-20)15-7-5-4-6-8-15/h4-8,11-14,21,24H,9-10H2,1-3H3,(H,22,27)(H,23,26)/t13-,14?/m0/s1. The van der Waals surface area contributed by atoms with Gasteiger partial charge in [-0.3, -0.25) is 4.79 Å². The number of carbonyl (C=O) groups excluding carboxylic acids is 1. The van der Waals surface area contributed by atoms with Crippen molar-refractivity contribution in [2.45, 2.75) is 26.1 Å². The Bertz CT molecular complexity index is 880.